The topological polar surface area (TPSA) is 85.6 Å². The molecule has 7 nitrogen and oxygen atoms in total. The Morgan fingerprint density at radius 1 is 1.20 bits per heavy atom. The first-order valence-corrected chi connectivity index (χ1v) is 8.77. The number of aromatic nitrogens is 5. The number of tetrazole rings is 1. The van der Waals surface area contributed by atoms with Gasteiger partial charge in [-0.15, -0.1) is 5.10 Å². The molecular weight excluding hydrogens is 336 g/mol. The Morgan fingerprint density at radius 3 is 2.84 bits per heavy atom. The van der Waals surface area contributed by atoms with E-state index in [-0.39, 0.29) is 11.7 Å². The lowest BCUT2D eigenvalue weighted by Gasteiger charge is -2.07. The second kappa shape index (κ2) is 7.89. The average Bonchev–Trinajstić information content (AvgIpc) is 3.10. The number of benzene rings is 1. The minimum Gasteiger partial charge on any atom is -0.350 e. The maximum absolute atomic E-state index is 12.0. The molecule has 0 fully saturated rings. The highest BCUT2D eigenvalue weighted by Gasteiger charge is 2.12. The van der Waals surface area contributed by atoms with Gasteiger partial charge in [-0.3, -0.25) is 9.78 Å². The molecule has 1 amide bonds. The Hall–Kier alpha value is -2.74. The number of nitrogens with one attached hydrogen (secondary N) is 1. The van der Waals surface area contributed by atoms with Gasteiger partial charge in [0.05, 0.1) is 23.7 Å². The van der Waals surface area contributed by atoms with Crippen molar-refractivity contribution in [3.63, 3.8) is 0 Å². The Kier molecular flexibility index (Phi) is 5.39. The van der Waals surface area contributed by atoms with Crippen LogP contribution in [-0.2, 0) is 11.3 Å². The van der Waals surface area contributed by atoms with Crippen molar-refractivity contribution < 1.29 is 4.79 Å². The van der Waals surface area contributed by atoms with Crippen LogP contribution in [0.5, 0.6) is 0 Å². The van der Waals surface area contributed by atoms with Gasteiger partial charge >= 0.3 is 0 Å². The summed E-state index contributed by atoms with van der Waals surface area (Å²) in [5.41, 5.74) is 4.07. The third-order valence-electron chi connectivity index (χ3n) is 3.70. The predicted octanol–water partition coefficient (Wildman–Crippen LogP) is 2.08. The molecule has 0 aliphatic rings. The third-order valence-corrected chi connectivity index (χ3v) is 4.62. The van der Waals surface area contributed by atoms with E-state index in [0.717, 1.165) is 16.9 Å². The Bertz CT molecular complexity index is 865. The third kappa shape index (κ3) is 4.42. The monoisotopic (exact) mass is 354 g/mol. The zero-order valence-electron chi connectivity index (χ0n) is 14.0. The summed E-state index contributed by atoms with van der Waals surface area (Å²) in [6.45, 7) is 4.50. The van der Waals surface area contributed by atoms with Crippen LogP contribution in [0.3, 0.4) is 0 Å². The lowest BCUT2D eigenvalue weighted by molar-refractivity contribution is -0.118. The van der Waals surface area contributed by atoms with E-state index in [2.05, 4.69) is 32.7 Å². The van der Waals surface area contributed by atoms with Crippen LogP contribution >= 0.6 is 11.8 Å². The molecule has 0 saturated carbocycles. The second-order valence-electron chi connectivity index (χ2n) is 5.53. The van der Waals surface area contributed by atoms with Crippen LogP contribution < -0.4 is 5.32 Å². The van der Waals surface area contributed by atoms with E-state index < -0.39 is 0 Å². The molecule has 0 bridgehead atoms. The fourth-order valence-corrected chi connectivity index (χ4v) is 2.88. The molecule has 0 radical (unpaired) electrons. The van der Waals surface area contributed by atoms with E-state index in [9.17, 15) is 4.79 Å². The normalized spacial score (nSPS) is 10.6. The van der Waals surface area contributed by atoms with Gasteiger partial charge < -0.3 is 5.32 Å². The number of thioether (sulfide) groups is 1. The SMILES string of the molecule is Cc1ccc(-n2nnnc2SCC(=O)NCc2ccccn2)cc1C. The van der Waals surface area contributed by atoms with Crippen molar-refractivity contribution in [1.29, 1.82) is 0 Å². The molecule has 0 aliphatic heterocycles. The minimum atomic E-state index is -0.0923. The van der Waals surface area contributed by atoms with E-state index in [1.54, 1.807) is 10.9 Å². The Labute approximate surface area is 149 Å². The molecule has 25 heavy (non-hydrogen) atoms. The maximum atomic E-state index is 12.0. The van der Waals surface area contributed by atoms with Crippen molar-refractivity contribution >= 4 is 17.7 Å². The van der Waals surface area contributed by atoms with Crippen molar-refractivity contribution in [2.24, 2.45) is 0 Å². The van der Waals surface area contributed by atoms with E-state index in [0.29, 0.717) is 11.7 Å². The summed E-state index contributed by atoms with van der Waals surface area (Å²) in [6, 6.07) is 11.6. The molecule has 0 spiro atoms. The summed E-state index contributed by atoms with van der Waals surface area (Å²) in [5, 5.41) is 15.2. The Balaban J connectivity index is 1.59. The number of carbonyl (C=O) groups excluding carboxylic acids is 1. The van der Waals surface area contributed by atoms with Gasteiger partial charge in [0.25, 0.3) is 0 Å². The van der Waals surface area contributed by atoms with Crippen LogP contribution in [0.15, 0.2) is 47.8 Å². The molecule has 0 unspecified atom stereocenters. The van der Waals surface area contributed by atoms with Gasteiger partial charge in [0.1, 0.15) is 0 Å². The van der Waals surface area contributed by atoms with E-state index in [1.165, 1.54) is 17.3 Å². The van der Waals surface area contributed by atoms with Gasteiger partial charge in [-0.2, -0.15) is 4.68 Å². The standard InChI is InChI=1S/C17H18N6OS/c1-12-6-7-15(9-13(12)2)23-17(20-21-22-23)25-11-16(24)19-10-14-5-3-4-8-18-14/h3-9H,10-11H2,1-2H3,(H,19,24). The van der Waals surface area contributed by atoms with Crippen molar-refractivity contribution in [3.8, 4) is 5.69 Å². The van der Waals surface area contributed by atoms with E-state index >= 15 is 0 Å². The molecule has 8 heteroatoms. The zero-order valence-corrected chi connectivity index (χ0v) is 14.8. The molecular formula is C17H18N6OS. The van der Waals surface area contributed by atoms with Crippen LogP contribution in [0.2, 0.25) is 0 Å². The van der Waals surface area contributed by atoms with Gasteiger partial charge in [-0.05, 0) is 59.7 Å². The highest BCUT2D eigenvalue weighted by Crippen LogP contribution is 2.19. The molecule has 2 heterocycles. The van der Waals surface area contributed by atoms with Crippen LogP contribution in [0.1, 0.15) is 16.8 Å². The van der Waals surface area contributed by atoms with E-state index in [4.69, 9.17) is 0 Å². The van der Waals surface area contributed by atoms with Crippen LogP contribution in [-0.4, -0.2) is 36.9 Å². The first-order chi connectivity index (χ1) is 12.1. The molecule has 0 aliphatic carbocycles. The van der Waals surface area contributed by atoms with Crippen molar-refractivity contribution in [2.75, 3.05) is 5.75 Å². The lowest BCUT2D eigenvalue weighted by Crippen LogP contribution is -2.25. The first-order valence-electron chi connectivity index (χ1n) is 7.79. The quantitative estimate of drug-likeness (QED) is 0.682. The summed E-state index contributed by atoms with van der Waals surface area (Å²) >= 11 is 1.30. The fraction of sp³-hybridized carbons (Fsp3) is 0.235. The molecule has 3 aromatic rings. The number of hydrogen-bond donors (Lipinski definition) is 1. The zero-order chi connectivity index (χ0) is 17.6. The van der Waals surface area contributed by atoms with Crippen LogP contribution in [0, 0.1) is 13.8 Å². The predicted molar refractivity (Wildman–Crippen MR) is 95.4 cm³/mol. The number of pyridine rings is 1. The molecule has 0 saturated heterocycles. The van der Waals surface area contributed by atoms with Crippen molar-refractivity contribution in [1.82, 2.24) is 30.5 Å². The number of hydrogen-bond acceptors (Lipinski definition) is 6. The second-order valence-corrected chi connectivity index (χ2v) is 6.47. The summed E-state index contributed by atoms with van der Waals surface area (Å²) in [4.78, 5) is 16.2. The minimum absolute atomic E-state index is 0.0923. The fourth-order valence-electron chi connectivity index (χ4n) is 2.16. The lowest BCUT2D eigenvalue weighted by atomic mass is 10.1. The molecule has 2 aromatic heterocycles. The van der Waals surface area contributed by atoms with Crippen molar-refractivity contribution in [2.45, 2.75) is 25.5 Å². The summed E-state index contributed by atoms with van der Waals surface area (Å²) in [5.74, 6) is 0.142. The number of carbonyl (C=O) groups is 1. The van der Waals surface area contributed by atoms with Crippen LogP contribution in [0.25, 0.3) is 5.69 Å². The van der Waals surface area contributed by atoms with Gasteiger partial charge in [0.15, 0.2) is 0 Å². The van der Waals surface area contributed by atoms with Gasteiger partial charge in [0, 0.05) is 6.20 Å². The first kappa shape index (κ1) is 17.1. The summed E-state index contributed by atoms with van der Waals surface area (Å²) in [6.07, 6.45) is 1.70. The molecule has 0 atom stereocenters. The van der Waals surface area contributed by atoms with Gasteiger partial charge in [-0.25, -0.2) is 0 Å². The van der Waals surface area contributed by atoms with Crippen molar-refractivity contribution in [3.05, 3.63) is 59.4 Å². The highest BCUT2D eigenvalue weighted by molar-refractivity contribution is 7.99. The number of aryl methyl sites for hydroxylation is 2. The summed E-state index contributed by atoms with van der Waals surface area (Å²) in [7, 11) is 0. The molecule has 1 aromatic carbocycles. The number of rotatable bonds is 6. The molecule has 128 valence electrons. The largest absolute Gasteiger partial charge is 0.350 e. The Morgan fingerprint density at radius 2 is 2.08 bits per heavy atom. The molecule has 3 rings (SSSR count). The average molecular weight is 354 g/mol. The van der Waals surface area contributed by atoms with E-state index in [1.807, 2.05) is 43.3 Å². The van der Waals surface area contributed by atoms with Gasteiger partial charge in [0.2, 0.25) is 11.1 Å². The smallest absolute Gasteiger partial charge is 0.230 e. The number of nitrogens with zero attached hydrogens (tertiary/aromatic N) is 5. The summed E-state index contributed by atoms with van der Waals surface area (Å²) < 4.78 is 1.64. The van der Waals surface area contributed by atoms with Crippen LogP contribution in [0.4, 0.5) is 0 Å². The number of amides is 1. The molecule has 1 N–H and O–H groups in total. The highest BCUT2D eigenvalue weighted by atomic mass is 32.2. The maximum Gasteiger partial charge on any atom is 0.230 e. The van der Waals surface area contributed by atoms with Gasteiger partial charge in [-0.1, -0.05) is 23.9 Å².